The monoisotopic (exact) mass is 397 g/mol. The van der Waals surface area contributed by atoms with Gasteiger partial charge in [-0.05, 0) is 37.1 Å². The quantitative estimate of drug-likeness (QED) is 0.433. The van der Waals surface area contributed by atoms with Gasteiger partial charge >= 0.3 is 0 Å². The fourth-order valence-electron chi connectivity index (χ4n) is 2.58. The number of benzene rings is 2. The zero-order valence-corrected chi connectivity index (χ0v) is 16.7. The predicted molar refractivity (Wildman–Crippen MR) is 112 cm³/mol. The minimum atomic E-state index is -0.262. The smallest absolute Gasteiger partial charge is 0.237 e. The highest BCUT2D eigenvalue weighted by Crippen LogP contribution is 2.28. The Labute approximate surface area is 168 Å². The van der Waals surface area contributed by atoms with E-state index >= 15 is 0 Å². The lowest BCUT2D eigenvalue weighted by Gasteiger charge is -2.16. The summed E-state index contributed by atoms with van der Waals surface area (Å²) in [5.74, 6) is -0.0623. The Balaban J connectivity index is 1.75. The molecule has 138 valence electrons. The standard InChI is InChI=1S/C21H20ClN3OS/c1-3-19(21(26)25-17-11-16(22)10-9-14(17)2)27-20-12-18(23-13-24-20)15-7-5-4-6-8-15/h4-13,19H,3H2,1-2H3,(H,25,26). The Hall–Kier alpha value is -2.37. The molecule has 1 amide bonds. The molecule has 27 heavy (non-hydrogen) atoms. The second-order valence-corrected chi connectivity index (χ2v) is 7.73. The molecule has 0 saturated carbocycles. The summed E-state index contributed by atoms with van der Waals surface area (Å²) in [6, 6.07) is 17.3. The van der Waals surface area contributed by atoms with Gasteiger partial charge in [-0.3, -0.25) is 4.79 Å². The minimum absolute atomic E-state index is 0.0623. The predicted octanol–water partition coefficient (Wildman–Crippen LogP) is 5.61. The van der Waals surface area contributed by atoms with Gasteiger partial charge in [-0.2, -0.15) is 0 Å². The van der Waals surface area contributed by atoms with Crippen molar-refractivity contribution in [1.82, 2.24) is 9.97 Å². The molecule has 4 nitrogen and oxygen atoms in total. The van der Waals surface area contributed by atoms with Crippen LogP contribution < -0.4 is 5.32 Å². The van der Waals surface area contributed by atoms with Gasteiger partial charge in [0.15, 0.2) is 0 Å². The fourth-order valence-corrected chi connectivity index (χ4v) is 3.66. The number of hydrogen-bond acceptors (Lipinski definition) is 4. The molecule has 0 aliphatic carbocycles. The van der Waals surface area contributed by atoms with E-state index in [0.717, 1.165) is 27.5 Å². The van der Waals surface area contributed by atoms with E-state index in [2.05, 4.69) is 15.3 Å². The Bertz CT molecular complexity index is 934. The molecule has 3 aromatic rings. The lowest BCUT2D eigenvalue weighted by atomic mass is 10.1. The minimum Gasteiger partial charge on any atom is -0.325 e. The highest BCUT2D eigenvalue weighted by Gasteiger charge is 2.20. The first-order valence-corrected chi connectivity index (χ1v) is 9.93. The molecule has 0 radical (unpaired) electrons. The Morgan fingerprint density at radius 3 is 2.67 bits per heavy atom. The third-order valence-electron chi connectivity index (χ3n) is 4.10. The number of rotatable bonds is 6. The van der Waals surface area contributed by atoms with Crippen molar-refractivity contribution < 1.29 is 4.79 Å². The number of aromatic nitrogens is 2. The van der Waals surface area contributed by atoms with Crippen LogP contribution in [-0.2, 0) is 4.79 Å². The van der Waals surface area contributed by atoms with E-state index in [9.17, 15) is 4.79 Å². The van der Waals surface area contributed by atoms with E-state index in [0.29, 0.717) is 11.4 Å². The van der Waals surface area contributed by atoms with Gasteiger partial charge in [0.25, 0.3) is 0 Å². The molecule has 1 aromatic heterocycles. The molecule has 6 heteroatoms. The zero-order valence-electron chi connectivity index (χ0n) is 15.1. The Kier molecular flexibility index (Phi) is 6.48. The van der Waals surface area contributed by atoms with Crippen molar-refractivity contribution >= 4 is 35.0 Å². The summed E-state index contributed by atoms with van der Waals surface area (Å²) in [5, 5.41) is 4.09. The van der Waals surface area contributed by atoms with E-state index in [1.807, 2.05) is 62.4 Å². The summed E-state index contributed by atoms with van der Waals surface area (Å²) in [6.45, 7) is 3.93. The molecular weight excluding hydrogens is 378 g/mol. The first-order valence-electron chi connectivity index (χ1n) is 8.68. The van der Waals surface area contributed by atoms with Crippen molar-refractivity contribution in [3.05, 3.63) is 71.5 Å². The topological polar surface area (TPSA) is 54.9 Å². The SMILES string of the molecule is CCC(Sc1cc(-c2ccccc2)ncn1)C(=O)Nc1cc(Cl)ccc1C. The summed E-state index contributed by atoms with van der Waals surface area (Å²) in [6.07, 6.45) is 2.22. The van der Waals surface area contributed by atoms with Crippen LogP contribution in [0.4, 0.5) is 5.69 Å². The van der Waals surface area contributed by atoms with Gasteiger partial charge in [0, 0.05) is 16.3 Å². The van der Waals surface area contributed by atoms with Crippen LogP contribution in [0.3, 0.4) is 0 Å². The van der Waals surface area contributed by atoms with E-state index in [1.165, 1.54) is 18.1 Å². The maximum absolute atomic E-state index is 12.7. The molecule has 0 saturated heterocycles. The first-order chi connectivity index (χ1) is 13.1. The van der Waals surface area contributed by atoms with Crippen molar-refractivity contribution in [2.75, 3.05) is 5.32 Å². The van der Waals surface area contributed by atoms with Gasteiger partial charge in [-0.1, -0.05) is 66.7 Å². The fraction of sp³-hybridized carbons (Fsp3) is 0.190. The third-order valence-corrected chi connectivity index (χ3v) is 5.63. The number of thioether (sulfide) groups is 1. The molecule has 2 aromatic carbocycles. The summed E-state index contributed by atoms with van der Waals surface area (Å²) < 4.78 is 0. The average molecular weight is 398 g/mol. The molecule has 1 heterocycles. The Morgan fingerprint density at radius 1 is 1.15 bits per heavy atom. The summed E-state index contributed by atoms with van der Waals surface area (Å²) in [4.78, 5) is 21.4. The van der Waals surface area contributed by atoms with Crippen molar-refractivity contribution in [3.8, 4) is 11.3 Å². The van der Waals surface area contributed by atoms with E-state index < -0.39 is 0 Å². The van der Waals surface area contributed by atoms with Crippen LogP contribution in [0.2, 0.25) is 5.02 Å². The van der Waals surface area contributed by atoms with Crippen molar-refractivity contribution in [2.45, 2.75) is 30.5 Å². The average Bonchev–Trinajstić information content (AvgIpc) is 2.69. The number of hydrogen-bond donors (Lipinski definition) is 1. The number of carbonyl (C=O) groups excluding carboxylic acids is 1. The van der Waals surface area contributed by atoms with Crippen LogP contribution in [0.5, 0.6) is 0 Å². The molecule has 0 aliphatic heterocycles. The largest absolute Gasteiger partial charge is 0.325 e. The number of halogens is 1. The van der Waals surface area contributed by atoms with Gasteiger partial charge < -0.3 is 5.32 Å². The van der Waals surface area contributed by atoms with Crippen molar-refractivity contribution in [3.63, 3.8) is 0 Å². The number of carbonyl (C=O) groups is 1. The van der Waals surface area contributed by atoms with Gasteiger partial charge in [-0.25, -0.2) is 9.97 Å². The number of aryl methyl sites for hydroxylation is 1. The van der Waals surface area contributed by atoms with Crippen LogP contribution in [0, 0.1) is 6.92 Å². The van der Waals surface area contributed by atoms with Gasteiger partial charge in [0.1, 0.15) is 11.4 Å². The van der Waals surface area contributed by atoms with Gasteiger partial charge in [-0.15, -0.1) is 0 Å². The second-order valence-electron chi connectivity index (χ2n) is 6.07. The molecule has 1 unspecified atom stereocenters. The maximum Gasteiger partial charge on any atom is 0.237 e. The lowest BCUT2D eigenvalue weighted by Crippen LogP contribution is -2.25. The van der Waals surface area contributed by atoms with Crippen LogP contribution in [0.15, 0.2) is 66.0 Å². The van der Waals surface area contributed by atoms with Crippen molar-refractivity contribution in [2.24, 2.45) is 0 Å². The van der Waals surface area contributed by atoms with Crippen LogP contribution in [0.1, 0.15) is 18.9 Å². The second kappa shape index (κ2) is 9.02. The summed E-state index contributed by atoms with van der Waals surface area (Å²) in [7, 11) is 0. The molecule has 1 atom stereocenters. The maximum atomic E-state index is 12.7. The number of anilines is 1. The normalized spacial score (nSPS) is 11.8. The number of nitrogens with one attached hydrogen (secondary N) is 1. The van der Waals surface area contributed by atoms with Gasteiger partial charge in [0.05, 0.1) is 10.9 Å². The molecule has 1 N–H and O–H groups in total. The van der Waals surface area contributed by atoms with Crippen LogP contribution in [0.25, 0.3) is 11.3 Å². The van der Waals surface area contributed by atoms with E-state index in [4.69, 9.17) is 11.6 Å². The summed E-state index contributed by atoms with van der Waals surface area (Å²) >= 11 is 7.48. The molecule has 3 rings (SSSR count). The molecule has 0 fully saturated rings. The van der Waals surface area contributed by atoms with E-state index in [1.54, 1.807) is 6.07 Å². The first kappa shape index (κ1) is 19.4. The lowest BCUT2D eigenvalue weighted by molar-refractivity contribution is -0.115. The molecule has 0 aliphatic rings. The molecule has 0 bridgehead atoms. The zero-order chi connectivity index (χ0) is 19.2. The number of amides is 1. The summed E-state index contributed by atoms with van der Waals surface area (Å²) in [5.41, 5.74) is 3.57. The molecule has 0 spiro atoms. The van der Waals surface area contributed by atoms with Crippen LogP contribution >= 0.6 is 23.4 Å². The highest BCUT2D eigenvalue weighted by atomic mass is 35.5. The molecular formula is C21H20ClN3OS. The Morgan fingerprint density at radius 2 is 1.93 bits per heavy atom. The highest BCUT2D eigenvalue weighted by molar-refractivity contribution is 8.00. The van der Waals surface area contributed by atoms with Crippen molar-refractivity contribution in [1.29, 1.82) is 0 Å². The number of nitrogens with zero attached hydrogens (tertiary/aromatic N) is 2. The van der Waals surface area contributed by atoms with Gasteiger partial charge in [0.2, 0.25) is 5.91 Å². The van der Waals surface area contributed by atoms with Crippen LogP contribution in [-0.4, -0.2) is 21.1 Å². The third kappa shape index (κ3) is 5.08. The van der Waals surface area contributed by atoms with E-state index in [-0.39, 0.29) is 11.2 Å².